The van der Waals surface area contributed by atoms with Crippen molar-refractivity contribution in [2.75, 3.05) is 18.4 Å². The highest BCUT2D eigenvalue weighted by molar-refractivity contribution is 5.91. The van der Waals surface area contributed by atoms with E-state index in [0.29, 0.717) is 24.9 Å². The molecule has 1 fully saturated rings. The van der Waals surface area contributed by atoms with Crippen LogP contribution in [0.4, 0.5) is 10.3 Å². The number of nitrogens with one attached hydrogen (secondary N) is 1. The van der Waals surface area contributed by atoms with Crippen molar-refractivity contribution in [3.05, 3.63) is 36.4 Å². The number of anilines is 1. The molecule has 8 heteroatoms. The Balaban J connectivity index is 1.67. The summed E-state index contributed by atoms with van der Waals surface area (Å²) < 4.78 is 14.8. The van der Waals surface area contributed by atoms with Gasteiger partial charge in [0.05, 0.1) is 12.4 Å². The van der Waals surface area contributed by atoms with Crippen molar-refractivity contribution >= 4 is 11.9 Å². The maximum Gasteiger partial charge on any atom is 0.289 e. The van der Waals surface area contributed by atoms with Gasteiger partial charge in [-0.2, -0.15) is 0 Å². The summed E-state index contributed by atoms with van der Waals surface area (Å²) in [7, 11) is 0. The van der Waals surface area contributed by atoms with Gasteiger partial charge in [-0.3, -0.25) is 4.79 Å². The summed E-state index contributed by atoms with van der Waals surface area (Å²) in [5, 5.41) is 3.28. The summed E-state index contributed by atoms with van der Waals surface area (Å²) in [5.41, 5.74) is 0. The van der Waals surface area contributed by atoms with Gasteiger partial charge in [0, 0.05) is 38.1 Å². The number of likely N-dealkylation sites (tertiary alicyclic amines) is 1. The van der Waals surface area contributed by atoms with E-state index < -0.39 is 5.82 Å². The number of carbonyl (C=O) groups is 1. The Morgan fingerprint density at radius 1 is 1.32 bits per heavy atom. The van der Waals surface area contributed by atoms with Gasteiger partial charge in [-0.05, 0) is 25.7 Å². The van der Waals surface area contributed by atoms with Gasteiger partial charge in [0.15, 0.2) is 11.6 Å². The fraction of sp³-hybridized carbons (Fsp3) is 0.529. The second kappa shape index (κ2) is 7.58. The zero-order valence-corrected chi connectivity index (χ0v) is 14.5. The first-order valence-electron chi connectivity index (χ1n) is 8.66. The maximum absolute atomic E-state index is 12.9. The Bertz CT molecular complexity index is 716. The molecule has 3 rings (SSSR count). The molecule has 1 amide bonds. The van der Waals surface area contributed by atoms with Crippen LogP contribution in [0.15, 0.2) is 24.8 Å². The number of aryl methyl sites for hydroxylation is 1. The lowest BCUT2D eigenvalue weighted by atomic mass is 9.90. The van der Waals surface area contributed by atoms with Crippen LogP contribution in [0.5, 0.6) is 0 Å². The van der Waals surface area contributed by atoms with Crippen LogP contribution in [0.2, 0.25) is 0 Å². The van der Waals surface area contributed by atoms with E-state index in [2.05, 4.69) is 27.2 Å². The molecule has 2 atom stereocenters. The molecule has 1 aliphatic heterocycles. The minimum absolute atomic E-state index is 0.0261. The molecule has 1 saturated heterocycles. The first kappa shape index (κ1) is 17.3. The molecule has 0 bridgehead atoms. The summed E-state index contributed by atoms with van der Waals surface area (Å²) in [6.07, 6.45) is 7.50. The van der Waals surface area contributed by atoms with Gasteiger partial charge in [0.1, 0.15) is 0 Å². The molecule has 134 valence electrons. The molecule has 0 aromatic carbocycles. The lowest BCUT2D eigenvalue weighted by Gasteiger charge is -2.38. The van der Waals surface area contributed by atoms with Crippen LogP contribution in [0, 0.1) is 11.7 Å². The molecule has 7 nitrogen and oxygen atoms in total. The van der Waals surface area contributed by atoms with Gasteiger partial charge in [-0.25, -0.2) is 19.3 Å². The van der Waals surface area contributed by atoms with Crippen molar-refractivity contribution < 1.29 is 9.18 Å². The Hall–Kier alpha value is -2.51. The molecule has 0 radical (unpaired) electrons. The number of imidazole rings is 1. The first-order chi connectivity index (χ1) is 12.1. The molecule has 25 heavy (non-hydrogen) atoms. The normalized spacial score (nSPS) is 20.5. The van der Waals surface area contributed by atoms with Gasteiger partial charge in [-0.1, -0.05) is 6.92 Å². The van der Waals surface area contributed by atoms with E-state index in [4.69, 9.17) is 0 Å². The van der Waals surface area contributed by atoms with Crippen molar-refractivity contribution in [2.24, 2.45) is 5.92 Å². The predicted octanol–water partition coefficient (Wildman–Crippen LogP) is 2.18. The zero-order chi connectivity index (χ0) is 17.8. The summed E-state index contributed by atoms with van der Waals surface area (Å²) in [5.74, 6) is 0.708. The summed E-state index contributed by atoms with van der Waals surface area (Å²) in [4.78, 5) is 26.8. The SMILES string of the molecule is CCC1CN(C(=O)c2nccn2CC)CCC1Nc1ncc(F)cn1. The predicted molar refractivity (Wildman–Crippen MR) is 91.6 cm³/mol. The number of hydrogen-bond acceptors (Lipinski definition) is 5. The minimum atomic E-state index is -0.454. The lowest BCUT2D eigenvalue weighted by molar-refractivity contribution is 0.0640. The lowest BCUT2D eigenvalue weighted by Crippen LogP contribution is -2.49. The quantitative estimate of drug-likeness (QED) is 0.898. The number of aromatic nitrogens is 4. The largest absolute Gasteiger partial charge is 0.351 e. The van der Waals surface area contributed by atoms with E-state index in [1.165, 1.54) is 0 Å². The molecular weight excluding hydrogens is 323 g/mol. The fourth-order valence-electron chi connectivity index (χ4n) is 3.28. The van der Waals surface area contributed by atoms with Crippen molar-refractivity contribution in [1.82, 2.24) is 24.4 Å². The summed E-state index contributed by atoms with van der Waals surface area (Å²) >= 11 is 0. The monoisotopic (exact) mass is 346 g/mol. The zero-order valence-electron chi connectivity index (χ0n) is 14.5. The second-order valence-electron chi connectivity index (χ2n) is 6.22. The van der Waals surface area contributed by atoms with Gasteiger partial charge in [-0.15, -0.1) is 0 Å². The number of halogens is 1. The van der Waals surface area contributed by atoms with E-state index in [1.807, 2.05) is 22.6 Å². The fourth-order valence-corrected chi connectivity index (χ4v) is 3.28. The number of amides is 1. The Kier molecular flexibility index (Phi) is 5.25. The number of carbonyl (C=O) groups excluding carboxylic acids is 1. The average molecular weight is 346 g/mol. The molecule has 2 unspecified atom stereocenters. The molecule has 2 aromatic heterocycles. The molecule has 0 saturated carbocycles. The van der Waals surface area contributed by atoms with E-state index in [0.717, 1.165) is 31.8 Å². The van der Waals surface area contributed by atoms with E-state index in [9.17, 15) is 9.18 Å². The van der Waals surface area contributed by atoms with Crippen molar-refractivity contribution in [3.8, 4) is 0 Å². The van der Waals surface area contributed by atoms with Crippen molar-refractivity contribution in [1.29, 1.82) is 0 Å². The minimum Gasteiger partial charge on any atom is -0.351 e. The molecule has 2 aromatic rings. The third kappa shape index (κ3) is 3.78. The standard InChI is InChI=1S/C17H23FN6O/c1-3-12-11-24(16(25)15-19-6-8-23(15)4-2)7-5-14(12)22-17-20-9-13(18)10-21-17/h6,8-10,12,14H,3-5,7,11H2,1-2H3,(H,20,21,22). The van der Waals surface area contributed by atoms with Gasteiger partial charge < -0.3 is 14.8 Å². The Morgan fingerprint density at radius 3 is 2.76 bits per heavy atom. The average Bonchev–Trinajstić information content (AvgIpc) is 3.12. The van der Waals surface area contributed by atoms with Crippen molar-refractivity contribution in [2.45, 2.75) is 39.3 Å². The van der Waals surface area contributed by atoms with Crippen LogP contribution in [0.1, 0.15) is 37.3 Å². The maximum atomic E-state index is 12.9. The van der Waals surface area contributed by atoms with E-state index in [-0.39, 0.29) is 17.9 Å². The molecule has 0 spiro atoms. The first-order valence-corrected chi connectivity index (χ1v) is 8.66. The molecular formula is C17H23FN6O. The van der Waals surface area contributed by atoms with Crippen LogP contribution in [-0.4, -0.2) is 49.5 Å². The van der Waals surface area contributed by atoms with Crippen LogP contribution < -0.4 is 5.32 Å². The van der Waals surface area contributed by atoms with Crippen LogP contribution in [-0.2, 0) is 6.54 Å². The highest BCUT2D eigenvalue weighted by Crippen LogP contribution is 2.24. The summed E-state index contributed by atoms with van der Waals surface area (Å²) in [6.45, 7) is 6.12. The molecule has 1 aliphatic rings. The van der Waals surface area contributed by atoms with Gasteiger partial charge in [0.2, 0.25) is 5.95 Å². The third-order valence-corrected chi connectivity index (χ3v) is 4.73. The Morgan fingerprint density at radius 2 is 2.08 bits per heavy atom. The number of rotatable bonds is 5. The van der Waals surface area contributed by atoms with E-state index >= 15 is 0 Å². The van der Waals surface area contributed by atoms with Crippen LogP contribution in [0.3, 0.4) is 0 Å². The summed E-state index contributed by atoms with van der Waals surface area (Å²) in [6, 6.07) is 0.158. The number of piperidine rings is 1. The number of nitrogens with zero attached hydrogens (tertiary/aromatic N) is 5. The van der Waals surface area contributed by atoms with Crippen LogP contribution in [0.25, 0.3) is 0 Å². The van der Waals surface area contributed by atoms with Crippen LogP contribution >= 0.6 is 0 Å². The molecule has 1 N–H and O–H groups in total. The topological polar surface area (TPSA) is 75.9 Å². The second-order valence-corrected chi connectivity index (χ2v) is 6.22. The van der Waals surface area contributed by atoms with E-state index in [1.54, 1.807) is 6.20 Å². The van der Waals surface area contributed by atoms with Gasteiger partial charge in [0.25, 0.3) is 5.91 Å². The molecule has 3 heterocycles. The van der Waals surface area contributed by atoms with Crippen molar-refractivity contribution in [3.63, 3.8) is 0 Å². The van der Waals surface area contributed by atoms with Gasteiger partial charge >= 0.3 is 0 Å². The smallest absolute Gasteiger partial charge is 0.289 e. The Labute approximate surface area is 146 Å². The third-order valence-electron chi connectivity index (χ3n) is 4.73. The highest BCUT2D eigenvalue weighted by Gasteiger charge is 2.32. The highest BCUT2D eigenvalue weighted by atomic mass is 19.1. The number of hydrogen-bond donors (Lipinski definition) is 1. The molecule has 0 aliphatic carbocycles.